The molecular formula is C21H29N3O2. The minimum absolute atomic E-state index is 0.287. The lowest BCUT2D eigenvalue weighted by Gasteiger charge is -2.32. The Labute approximate surface area is 155 Å². The number of aromatic nitrogens is 2. The summed E-state index contributed by atoms with van der Waals surface area (Å²) in [6, 6.07) is 8.06. The summed E-state index contributed by atoms with van der Waals surface area (Å²) in [7, 11) is 0. The minimum atomic E-state index is 0.287. The van der Waals surface area contributed by atoms with Crippen LogP contribution in [0.5, 0.6) is 0 Å². The topological polar surface area (TPSA) is 59.2 Å². The first-order valence-electron chi connectivity index (χ1n) is 9.73. The number of piperidine rings is 1. The first-order chi connectivity index (χ1) is 12.6. The molecule has 0 N–H and O–H groups in total. The van der Waals surface area contributed by atoms with Crippen molar-refractivity contribution in [2.24, 2.45) is 11.8 Å². The van der Waals surface area contributed by atoms with E-state index in [1.165, 1.54) is 0 Å². The number of carbonyl (C=O) groups is 1. The third-order valence-corrected chi connectivity index (χ3v) is 5.41. The van der Waals surface area contributed by atoms with E-state index in [0.717, 1.165) is 49.9 Å². The molecule has 1 aromatic carbocycles. The van der Waals surface area contributed by atoms with Gasteiger partial charge in [-0.25, -0.2) is 0 Å². The van der Waals surface area contributed by atoms with E-state index in [1.54, 1.807) is 0 Å². The zero-order valence-corrected chi connectivity index (χ0v) is 16.1. The average Bonchev–Trinajstić information content (AvgIpc) is 3.10. The van der Waals surface area contributed by atoms with Crippen LogP contribution in [-0.4, -0.2) is 34.0 Å². The van der Waals surface area contributed by atoms with E-state index in [4.69, 9.17) is 4.52 Å². The van der Waals surface area contributed by atoms with E-state index < -0.39 is 0 Å². The number of rotatable bonds is 6. The van der Waals surface area contributed by atoms with Crippen LogP contribution in [0.3, 0.4) is 0 Å². The van der Waals surface area contributed by atoms with Gasteiger partial charge in [-0.15, -0.1) is 0 Å². The molecule has 0 spiro atoms. The summed E-state index contributed by atoms with van der Waals surface area (Å²) < 4.78 is 5.49. The molecule has 5 nitrogen and oxygen atoms in total. The second-order valence-electron chi connectivity index (χ2n) is 7.60. The number of aryl methyl sites for hydroxylation is 1. The van der Waals surface area contributed by atoms with Crippen molar-refractivity contribution in [3.05, 3.63) is 35.7 Å². The van der Waals surface area contributed by atoms with Gasteiger partial charge in [0.15, 0.2) is 0 Å². The Balaban J connectivity index is 1.61. The molecule has 5 heteroatoms. The smallest absolute Gasteiger partial charge is 0.227 e. The molecule has 1 fully saturated rings. The second kappa shape index (κ2) is 8.47. The van der Waals surface area contributed by atoms with Gasteiger partial charge < -0.3 is 9.42 Å². The number of amides is 1. The second-order valence-corrected chi connectivity index (χ2v) is 7.60. The minimum Gasteiger partial charge on any atom is -0.342 e. The van der Waals surface area contributed by atoms with Gasteiger partial charge in [-0.1, -0.05) is 49.7 Å². The summed E-state index contributed by atoms with van der Waals surface area (Å²) in [6.45, 7) is 8.01. The van der Waals surface area contributed by atoms with Gasteiger partial charge in [0.25, 0.3) is 0 Å². The Morgan fingerprint density at radius 3 is 2.96 bits per heavy atom. The van der Waals surface area contributed by atoms with Gasteiger partial charge in [-0.05, 0) is 37.2 Å². The highest BCUT2D eigenvalue weighted by molar-refractivity contribution is 5.76. The summed E-state index contributed by atoms with van der Waals surface area (Å²) in [5.74, 6) is 2.46. The van der Waals surface area contributed by atoms with Gasteiger partial charge in [0.2, 0.25) is 17.6 Å². The summed E-state index contributed by atoms with van der Waals surface area (Å²) in [4.78, 5) is 19.1. The van der Waals surface area contributed by atoms with E-state index in [1.807, 2.05) is 36.1 Å². The van der Waals surface area contributed by atoms with Crippen LogP contribution < -0.4 is 0 Å². The van der Waals surface area contributed by atoms with Crippen LogP contribution in [0.25, 0.3) is 11.4 Å². The summed E-state index contributed by atoms with van der Waals surface area (Å²) in [5.41, 5.74) is 2.15. The Morgan fingerprint density at radius 2 is 2.19 bits per heavy atom. The molecule has 3 rings (SSSR count). The fraction of sp³-hybridized carbons (Fsp3) is 0.571. The third-order valence-electron chi connectivity index (χ3n) is 5.41. The lowest BCUT2D eigenvalue weighted by Crippen LogP contribution is -2.41. The zero-order chi connectivity index (χ0) is 18.5. The first kappa shape index (κ1) is 18.6. The molecule has 1 aliphatic rings. The molecule has 2 unspecified atom stereocenters. The van der Waals surface area contributed by atoms with Crippen molar-refractivity contribution >= 4 is 5.91 Å². The molecule has 1 amide bonds. The summed E-state index contributed by atoms with van der Waals surface area (Å²) in [5, 5.41) is 4.15. The highest BCUT2D eigenvalue weighted by atomic mass is 16.5. The van der Waals surface area contributed by atoms with E-state index in [2.05, 4.69) is 24.0 Å². The van der Waals surface area contributed by atoms with Crippen molar-refractivity contribution in [2.75, 3.05) is 13.1 Å². The van der Waals surface area contributed by atoms with E-state index >= 15 is 0 Å². The van der Waals surface area contributed by atoms with E-state index in [-0.39, 0.29) is 5.91 Å². The molecule has 2 atom stereocenters. The average molecular weight is 355 g/mol. The third kappa shape index (κ3) is 4.51. The number of carbonyl (C=O) groups excluding carboxylic acids is 1. The van der Waals surface area contributed by atoms with Crippen molar-refractivity contribution in [3.8, 4) is 11.4 Å². The molecule has 0 aliphatic carbocycles. The number of hydrogen-bond donors (Lipinski definition) is 0. The van der Waals surface area contributed by atoms with Gasteiger partial charge in [-0.3, -0.25) is 4.79 Å². The molecule has 0 bridgehead atoms. The van der Waals surface area contributed by atoms with Crippen molar-refractivity contribution in [2.45, 2.75) is 52.9 Å². The molecule has 0 saturated carbocycles. The van der Waals surface area contributed by atoms with Crippen LogP contribution in [-0.2, 0) is 11.2 Å². The number of likely N-dealkylation sites (tertiary alicyclic amines) is 1. The predicted molar refractivity (Wildman–Crippen MR) is 102 cm³/mol. The van der Waals surface area contributed by atoms with Crippen molar-refractivity contribution < 1.29 is 9.32 Å². The molecule has 1 aromatic heterocycles. The Morgan fingerprint density at radius 1 is 1.38 bits per heavy atom. The van der Waals surface area contributed by atoms with Crippen LogP contribution in [0.2, 0.25) is 0 Å². The highest BCUT2D eigenvalue weighted by Crippen LogP contribution is 2.24. The Bertz CT molecular complexity index is 740. The SMILES string of the molecule is CCC(C)CC(=O)N1CCCC(Cc2nc(-c3ccccc3C)no2)C1. The Hall–Kier alpha value is -2.17. The number of nitrogens with zero attached hydrogens (tertiary/aromatic N) is 3. The normalized spacial score (nSPS) is 18.7. The zero-order valence-electron chi connectivity index (χ0n) is 16.1. The maximum absolute atomic E-state index is 12.5. The highest BCUT2D eigenvalue weighted by Gasteiger charge is 2.26. The predicted octanol–water partition coefficient (Wildman–Crippen LogP) is 4.26. The number of hydrogen-bond acceptors (Lipinski definition) is 4. The fourth-order valence-electron chi connectivity index (χ4n) is 3.55. The lowest BCUT2D eigenvalue weighted by atomic mass is 9.94. The van der Waals surface area contributed by atoms with Crippen LogP contribution >= 0.6 is 0 Å². The van der Waals surface area contributed by atoms with E-state index in [9.17, 15) is 4.79 Å². The molecular weight excluding hydrogens is 326 g/mol. The maximum Gasteiger partial charge on any atom is 0.227 e. The largest absolute Gasteiger partial charge is 0.342 e. The quantitative estimate of drug-likeness (QED) is 0.777. The first-order valence-corrected chi connectivity index (χ1v) is 9.73. The van der Waals surface area contributed by atoms with Gasteiger partial charge >= 0.3 is 0 Å². The van der Waals surface area contributed by atoms with Crippen molar-refractivity contribution in [1.29, 1.82) is 0 Å². The molecule has 2 aromatic rings. The molecule has 0 radical (unpaired) electrons. The van der Waals surface area contributed by atoms with Gasteiger partial charge in [0, 0.05) is 31.5 Å². The molecule has 2 heterocycles. The summed E-state index contributed by atoms with van der Waals surface area (Å²) >= 11 is 0. The summed E-state index contributed by atoms with van der Waals surface area (Å²) in [6.07, 6.45) is 4.60. The maximum atomic E-state index is 12.5. The monoisotopic (exact) mass is 355 g/mol. The molecule has 140 valence electrons. The lowest BCUT2D eigenvalue weighted by molar-refractivity contribution is -0.134. The molecule has 1 aliphatic heterocycles. The van der Waals surface area contributed by atoms with Crippen molar-refractivity contribution in [3.63, 3.8) is 0 Å². The standard InChI is InChI=1S/C21H29N3O2/c1-4-15(2)12-20(25)24-11-7-9-17(14-24)13-19-22-21(23-26-19)18-10-6-5-8-16(18)3/h5-6,8,10,15,17H,4,7,9,11-14H2,1-3H3. The van der Waals surface area contributed by atoms with Crippen LogP contribution in [0.4, 0.5) is 0 Å². The molecule has 26 heavy (non-hydrogen) atoms. The van der Waals surface area contributed by atoms with E-state index in [0.29, 0.717) is 30.0 Å². The van der Waals surface area contributed by atoms with Crippen LogP contribution in [0.15, 0.2) is 28.8 Å². The Kier molecular flexibility index (Phi) is 6.07. The van der Waals surface area contributed by atoms with Crippen molar-refractivity contribution in [1.82, 2.24) is 15.0 Å². The van der Waals surface area contributed by atoms with Gasteiger partial charge in [0.1, 0.15) is 0 Å². The number of benzene rings is 1. The molecule has 1 saturated heterocycles. The van der Waals surface area contributed by atoms with Gasteiger partial charge in [-0.2, -0.15) is 4.98 Å². The van der Waals surface area contributed by atoms with Gasteiger partial charge in [0.05, 0.1) is 0 Å². The van der Waals surface area contributed by atoms with Crippen LogP contribution in [0, 0.1) is 18.8 Å². The van der Waals surface area contributed by atoms with Crippen LogP contribution in [0.1, 0.15) is 51.0 Å². The fourth-order valence-corrected chi connectivity index (χ4v) is 3.55.